The number of anilines is 1. The predicted octanol–water partition coefficient (Wildman–Crippen LogP) is 3.79. The fourth-order valence-corrected chi connectivity index (χ4v) is 4.55. The van der Waals surface area contributed by atoms with Gasteiger partial charge in [-0.15, -0.1) is 0 Å². The highest BCUT2D eigenvalue weighted by atomic mass is 35.5. The summed E-state index contributed by atoms with van der Waals surface area (Å²) in [4.78, 5) is 27.8. The molecule has 186 valence electrons. The number of benzene rings is 2. The molecule has 0 unspecified atom stereocenters. The van der Waals surface area contributed by atoms with Crippen LogP contribution in [0.5, 0.6) is 0 Å². The SMILES string of the molecule is CC[C@@H](C)NC(=O)[C@@H](C)N(CCc1ccccc1)C(=O)CN(c1cc(Cl)ccc1C)S(C)(=O)=O. The summed E-state index contributed by atoms with van der Waals surface area (Å²) in [6.07, 6.45) is 2.34. The van der Waals surface area contributed by atoms with Gasteiger partial charge in [-0.1, -0.05) is 54.9 Å². The van der Waals surface area contributed by atoms with Gasteiger partial charge in [-0.3, -0.25) is 13.9 Å². The number of rotatable bonds is 11. The molecule has 0 aliphatic rings. The van der Waals surface area contributed by atoms with Gasteiger partial charge in [0.15, 0.2) is 0 Å². The Morgan fingerprint density at radius 1 is 1.09 bits per heavy atom. The summed E-state index contributed by atoms with van der Waals surface area (Å²) in [6, 6.07) is 13.7. The van der Waals surface area contributed by atoms with Crippen LogP contribution in [0.1, 0.15) is 38.3 Å². The first-order valence-corrected chi connectivity index (χ1v) is 13.5. The molecule has 0 heterocycles. The molecular weight excluding hydrogens is 474 g/mol. The van der Waals surface area contributed by atoms with Crippen molar-refractivity contribution in [1.29, 1.82) is 0 Å². The number of carbonyl (C=O) groups excluding carboxylic acids is 2. The third kappa shape index (κ3) is 7.74. The van der Waals surface area contributed by atoms with E-state index < -0.39 is 28.5 Å². The first-order valence-electron chi connectivity index (χ1n) is 11.3. The first-order chi connectivity index (χ1) is 15.9. The molecule has 7 nitrogen and oxygen atoms in total. The van der Waals surface area contributed by atoms with Crippen molar-refractivity contribution in [3.8, 4) is 0 Å². The molecule has 0 bridgehead atoms. The lowest BCUT2D eigenvalue weighted by Crippen LogP contribution is -2.53. The lowest BCUT2D eigenvalue weighted by atomic mass is 10.1. The average Bonchev–Trinajstić information content (AvgIpc) is 2.79. The zero-order valence-electron chi connectivity index (χ0n) is 20.4. The Morgan fingerprint density at radius 3 is 2.32 bits per heavy atom. The first kappa shape index (κ1) is 27.7. The smallest absolute Gasteiger partial charge is 0.244 e. The van der Waals surface area contributed by atoms with Crippen LogP contribution in [0, 0.1) is 6.92 Å². The van der Waals surface area contributed by atoms with Gasteiger partial charge in [-0.05, 0) is 56.9 Å². The van der Waals surface area contributed by atoms with E-state index in [1.165, 1.54) is 11.0 Å². The highest BCUT2D eigenvalue weighted by molar-refractivity contribution is 7.92. The molecule has 34 heavy (non-hydrogen) atoms. The van der Waals surface area contributed by atoms with E-state index in [1.54, 1.807) is 26.0 Å². The van der Waals surface area contributed by atoms with Gasteiger partial charge in [0.25, 0.3) is 0 Å². The maximum atomic E-state index is 13.5. The van der Waals surface area contributed by atoms with E-state index in [1.807, 2.05) is 44.2 Å². The molecule has 2 atom stereocenters. The van der Waals surface area contributed by atoms with Crippen LogP contribution in [0.15, 0.2) is 48.5 Å². The van der Waals surface area contributed by atoms with Crippen molar-refractivity contribution in [1.82, 2.24) is 10.2 Å². The fourth-order valence-electron chi connectivity index (χ4n) is 3.48. The van der Waals surface area contributed by atoms with Crippen LogP contribution >= 0.6 is 11.6 Å². The topological polar surface area (TPSA) is 86.8 Å². The van der Waals surface area contributed by atoms with E-state index in [0.717, 1.165) is 22.5 Å². The molecule has 0 radical (unpaired) electrons. The highest BCUT2D eigenvalue weighted by Gasteiger charge is 2.30. The summed E-state index contributed by atoms with van der Waals surface area (Å²) in [5, 5.41) is 3.28. The van der Waals surface area contributed by atoms with E-state index in [-0.39, 0.29) is 18.5 Å². The quantitative estimate of drug-likeness (QED) is 0.501. The summed E-state index contributed by atoms with van der Waals surface area (Å²) >= 11 is 6.11. The summed E-state index contributed by atoms with van der Waals surface area (Å²) < 4.78 is 26.4. The van der Waals surface area contributed by atoms with Gasteiger partial charge >= 0.3 is 0 Å². The van der Waals surface area contributed by atoms with Crippen molar-refractivity contribution in [3.63, 3.8) is 0 Å². The molecule has 2 aromatic rings. The summed E-state index contributed by atoms with van der Waals surface area (Å²) in [6.45, 7) is 7.11. The maximum absolute atomic E-state index is 13.5. The number of nitrogens with one attached hydrogen (secondary N) is 1. The third-order valence-corrected chi connectivity index (χ3v) is 7.13. The monoisotopic (exact) mass is 507 g/mol. The molecule has 0 saturated heterocycles. The number of hydrogen-bond donors (Lipinski definition) is 1. The molecular formula is C25H34ClN3O4S. The Hall–Kier alpha value is -2.58. The predicted molar refractivity (Wildman–Crippen MR) is 138 cm³/mol. The van der Waals surface area contributed by atoms with Gasteiger partial charge in [0, 0.05) is 17.6 Å². The second-order valence-corrected chi connectivity index (χ2v) is 10.9. The van der Waals surface area contributed by atoms with Crippen molar-refractivity contribution in [2.24, 2.45) is 0 Å². The van der Waals surface area contributed by atoms with Crippen LogP contribution < -0.4 is 9.62 Å². The number of amides is 2. The number of hydrogen-bond acceptors (Lipinski definition) is 4. The lowest BCUT2D eigenvalue weighted by Gasteiger charge is -2.32. The second-order valence-electron chi connectivity index (χ2n) is 8.52. The van der Waals surface area contributed by atoms with Crippen LogP contribution in [0.3, 0.4) is 0 Å². The lowest BCUT2D eigenvalue weighted by molar-refractivity contribution is -0.139. The molecule has 9 heteroatoms. The Morgan fingerprint density at radius 2 is 1.74 bits per heavy atom. The number of nitrogens with zero attached hydrogens (tertiary/aromatic N) is 2. The average molecular weight is 508 g/mol. The third-order valence-electron chi connectivity index (χ3n) is 5.77. The zero-order valence-corrected chi connectivity index (χ0v) is 22.0. The van der Waals surface area contributed by atoms with Gasteiger partial charge in [0.05, 0.1) is 11.9 Å². The van der Waals surface area contributed by atoms with Crippen molar-refractivity contribution < 1.29 is 18.0 Å². The summed E-state index contributed by atoms with van der Waals surface area (Å²) in [5.41, 5.74) is 2.02. The Kier molecular flexibility index (Phi) is 9.94. The minimum atomic E-state index is -3.80. The Bertz CT molecular complexity index is 1090. The normalized spacial score (nSPS) is 13.1. The summed E-state index contributed by atoms with van der Waals surface area (Å²) in [7, 11) is -3.80. The largest absolute Gasteiger partial charge is 0.352 e. The van der Waals surface area contributed by atoms with Gasteiger partial charge in [0.2, 0.25) is 21.8 Å². The zero-order chi connectivity index (χ0) is 25.5. The van der Waals surface area contributed by atoms with Crippen LogP contribution in [-0.2, 0) is 26.0 Å². The molecule has 2 aromatic carbocycles. The van der Waals surface area contributed by atoms with Crippen molar-refractivity contribution in [2.75, 3.05) is 23.7 Å². The van der Waals surface area contributed by atoms with Gasteiger partial charge in [-0.25, -0.2) is 8.42 Å². The second kappa shape index (κ2) is 12.2. The minimum Gasteiger partial charge on any atom is -0.352 e. The van der Waals surface area contributed by atoms with Crippen LogP contribution in [0.4, 0.5) is 5.69 Å². The number of halogens is 1. The van der Waals surface area contributed by atoms with E-state index in [0.29, 0.717) is 22.7 Å². The minimum absolute atomic E-state index is 0.0392. The van der Waals surface area contributed by atoms with Crippen molar-refractivity contribution in [3.05, 3.63) is 64.7 Å². The molecule has 0 aliphatic carbocycles. The standard InChI is InChI=1S/C25H34ClN3O4S/c1-6-19(3)27-25(31)20(4)28(15-14-21-10-8-7-9-11-21)24(30)17-29(34(5,32)33)23-16-22(26)13-12-18(23)2/h7-13,16,19-20H,6,14-15,17H2,1-5H3,(H,27,31)/t19-,20-/m1/s1. The molecule has 0 aromatic heterocycles. The van der Waals surface area contributed by atoms with Gasteiger partial charge < -0.3 is 10.2 Å². The number of aryl methyl sites for hydroxylation is 1. The number of sulfonamides is 1. The van der Waals surface area contributed by atoms with Crippen LogP contribution in [-0.4, -0.2) is 56.6 Å². The van der Waals surface area contributed by atoms with E-state index in [9.17, 15) is 18.0 Å². The van der Waals surface area contributed by atoms with Gasteiger partial charge in [-0.2, -0.15) is 0 Å². The Balaban J connectivity index is 2.35. The Labute approximate surface area is 208 Å². The van der Waals surface area contributed by atoms with Crippen LogP contribution in [0.2, 0.25) is 5.02 Å². The summed E-state index contributed by atoms with van der Waals surface area (Å²) in [5.74, 6) is -0.742. The molecule has 2 rings (SSSR count). The maximum Gasteiger partial charge on any atom is 0.244 e. The molecule has 0 saturated carbocycles. The van der Waals surface area contributed by atoms with E-state index in [2.05, 4.69) is 5.32 Å². The van der Waals surface area contributed by atoms with E-state index in [4.69, 9.17) is 11.6 Å². The van der Waals surface area contributed by atoms with Crippen molar-refractivity contribution in [2.45, 2.75) is 52.6 Å². The van der Waals surface area contributed by atoms with Crippen LogP contribution in [0.25, 0.3) is 0 Å². The molecule has 0 spiro atoms. The van der Waals surface area contributed by atoms with E-state index >= 15 is 0 Å². The fraction of sp³-hybridized carbons (Fsp3) is 0.440. The number of carbonyl (C=O) groups is 2. The van der Waals surface area contributed by atoms with Crippen molar-refractivity contribution >= 4 is 39.1 Å². The van der Waals surface area contributed by atoms with Gasteiger partial charge in [0.1, 0.15) is 12.6 Å². The molecule has 1 N–H and O–H groups in total. The molecule has 2 amide bonds. The molecule has 0 fully saturated rings. The molecule has 0 aliphatic heterocycles. The highest BCUT2D eigenvalue weighted by Crippen LogP contribution is 2.26.